The number of para-hydroxylation sites is 1. The van der Waals surface area contributed by atoms with Crippen molar-refractivity contribution in [2.24, 2.45) is 0 Å². The van der Waals surface area contributed by atoms with Crippen molar-refractivity contribution in [2.45, 2.75) is 58.0 Å². The molecule has 1 rings (SSSR count). The van der Waals surface area contributed by atoms with E-state index in [1.54, 1.807) is 0 Å². The number of aliphatic carboxylic acids is 1. The summed E-state index contributed by atoms with van der Waals surface area (Å²) in [5.41, 5.74) is 2.30. The van der Waals surface area contributed by atoms with E-state index in [4.69, 9.17) is 0 Å². The Bertz CT molecular complexity index is 497. The topological polar surface area (TPSA) is 57.5 Å². The fourth-order valence-electron chi connectivity index (χ4n) is 3.16. The second-order valence-electron chi connectivity index (χ2n) is 7.06. The van der Waals surface area contributed by atoms with Gasteiger partial charge in [-0.2, -0.15) is 0 Å². The van der Waals surface area contributed by atoms with Gasteiger partial charge < -0.3 is 10.2 Å². The van der Waals surface area contributed by atoms with Crippen LogP contribution in [-0.2, 0) is 4.79 Å². The Kier molecular flexibility index (Phi) is 7.73. The maximum Gasteiger partial charge on any atom is 0.359 e. The molecule has 0 bridgehead atoms. The molecule has 1 aromatic rings. The Morgan fingerprint density at radius 3 is 2.39 bits per heavy atom. The molecule has 1 aromatic carbocycles. The molecule has 0 aliphatic rings. The fraction of sp³-hybridized carbons (Fsp3) is 0.632. The molecule has 0 aliphatic heterocycles. The standard InChI is InChI=1S/C19H31NO3/c1-5-6-9-16(13-12-15(2)21)17-10-7-8-11-18(17)20(3,4)14-19(22)23/h7-8,10-11,15-16,21H,5-6,9,12-14H2,1-4H3/p+1. The third-order valence-corrected chi connectivity index (χ3v) is 4.40. The highest BCUT2D eigenvalue weighted by Crippen LogP contribution is 2.36. The number of benzene rings is 1. The SMILES string of the molecule is CCCCC(CCC(C)O)c1ccccc1[N+](C)(C)CC(=O)O. The summed E-state index contributed by atoms with van der Waals surface area (Å²) in [5, 5.41) is 18.8. The second-order valence-corrected chi connectivity index (χ2v) is 7.06. The van der Waals surface area contributed by atoms with Crippen molar-refractivity contribution in [3.8, 4) is 0 Å². The molecule has 130 valence electrons. The zero-order chi connectivity index (χ0) is 17.5. The van der Waals surface area contributed by atoms with E-state index in [0.29, 0.717) is 10.4 Å². The van der Waals surface area contributed by atoms with Gasteiger partial charge in [0.25, 0.3) is 0 Å². The number of rotatable bonds is 10. The summed E-state index contributed by atoms with van der Waals surface area (Å²) in [6, 6.07) is 8.17. The van der Waals surface area contributed by atoms with Crippen LogP contribution >= 0.6 is 0 Å². The van der Waals surface area contributed by atoms with Crippen LogP contribution in [0.1, 0.15) is 57.4 Å². The summed E-state index contributed by atoms with van der Waals surface area (Å²) < 4.78 is 0.336. The first-order valence-electron chi connectivity index (χ1n) is 8.60. The molecule has 0 radical (unpaired) electrons. The molecule has 2 atom stereocenters. The predicted octanol–water partition coefficient (Wildman–Crippen LogP) is 3.77. The van der Waals surface area contributed by atoms with Crippen LogP contribution in [0.15, 0.2) is 24.3 Å². The lowest BCUT2D eigenvalue weighted by atomic mass is 9.87. The minimum Gasteiger partial charge on any atom is -0.477 e. The number of nitrogens with zero attached hydrogens (tertiary/aromatic N) is 1. The quantitative estimate of drug-likeness (QED) is 0.645. The van der Waals surface area contributed by atoms with Gasteiger partial charge in [-0.15, -0.1) is 0 Å². The Balaban J connectivity index is 3.12. The maximum atomic E-state index is 11.2. The number of carboxylic acids is 1. The summed E-state index contributed by atoms with van der Waals surface area (Å²) in [5.74, 6) is -0.425. The summed E-state index contributed by atoms with van der Waals surface area (Å²) in [6.07, 6.45) is 4.77. The third-order valence-electron chi connectivity index (χ3n) is 4.40. The molecule has 0 heterocycles. The van der Waals surface area contributed by atoms with Crippen molar-refractivity contribution >= 4 is 11.7 Å². The van der Waals surface area contributed by atoms with Gasteiger partial charge in [0.1, 0.15) is 5.69 Å². The van der Waals surface area contributed by atoms with Gasteiger partial charge in [-0.25, -0.2) is 4.79 Å². The molecule has 0 aromatic heterocycles. The minimum atomic E-state index is -0.793. The van der Waals surface area contributed by atoms with Crippen molar-refractivity contribution in [1.29, 1.82) is 0 Å². The number of hydrogen-bond acceptors (Lipinski definition) is 2. The molecule has 0 amide bonds. The first kappa shape index (κ1) is 19.7. The second kappa shape index (κ2) is 9.04. The lowest BCUT2D eigenvalue weighted by molar-refractivity contribution is -0.137. The van der Waals surface area contributed by atoms with Gasteiger partial charge in [0, 0.05) is 5.56 Å². The summed E-state index contributed by atoms with van der Waals surface area (Å²) in [7, 11) is 3.89. The molecular weight excluding hydrogens is 290 g/mol. The number of likely N-dealkylation sites (N-methyl/N-ethyl adjacent to an activating group) is 1. The van der Waals surface area contributed by atoms with Crippen LogP contribution in [-0.4, -0.2) is 42.9 Å². The van der Waals surface area contributed by atoms with Gasteiger partial charge in [0.15, 0.2) is 6.54 Å². The first-order chi connectivity index (χ1) is 10.8. The molecule has 4 nitrogen and oxygen atoms in total. The molecule has 2 unspecified atom stereocenters. The van der Waals surface area contributed by atoms with Crippen LogP contribution in [0.4, 0.5) is 5.69 Å². The van der Waals surface area contributed by atoms with Gasteiger partial charge in [-0.3, -0.25) is 4.48 Å². The van der Waals surface area contributed by atoms with Gasteiger partial charge in [0.05, 0.1) is 20.2 Å². The van der Waals surface area contributed by atoms with Crippen molar-refractivity contribution in [3.05, 3.63) is 29.8 Å². The van der Waals surface area contributed by atoms with E-state index in [2.05, 4.69) is 13.0 Å². The Morgan fingerprint density at radius 2 is 1.83 bits per heavy atom. The molecular formula is C19H32NO3+. The lowest BCUT2D eigenvalue weighted by Gasteiger charge is -2.31. The average molecular weight is 322 g/mol. The highest BCUT2D eigenvalue weighted by Gasteiger charge is 2.28. The van der Waals surface area contributed by atoms with Crippen LogP contribution in [0.25, 0.3) is 0 Å². The van der Waals surface area contributed by atoms with Crippen molar-refractivity contribution in [2.75, 3.05) is 20.6 Å². The number of unbranched alkanes of at least 4 members (excludes halogenated alkanes) is 1. The normalized spacial score (nSPS) is 14.5. The molecule has 2 N–H and O–H groups in total. The molecule has 23 heavy (non-hydrogen) atoms. The number of quaternary nitrogens is 1. The zero-order valence-corrected chi connectivity index (χ0v) is 15.0. The lowest BCUT2D eigenvalue weighted by Crippen LogP contribution is -2.45. The van der Waals surface area contributed by atoms with Crippen molar-refractivity contribution in [1.82, 2.24) is 4.48 Å². The van der Waals surface area contributed by atoms with Crippen molar-refractivity contribution < 1.29 is 15.0 Å². The molecule has 4 heteroatoms. The van der Waals surface area contributed by atoms with Crippen LogP contribution < -0.4 is 4.48 Å². The van der Waals surface area contributed by atoms with E-state index in [1.807, 2.05) is 39.2 Å². The molecule has 0 aliphatic carbocycles. The number of carboxylic acid groups (broad SMARTS) is 1. The summed E-state index contributed by atoms with van der Waals surface area (Å²) in [6.45, 7) is 4.07. The minimum absolute atomic E-state index is 0.0634. The highest BCUT2D eigenvalue weighted by atomic mass is 16.4. The maximum absolute atomic E-state index is 11.2. The van der Waals surface area contributed by atoms with E-state index in [0.717, 1.165) is 37.8 Å². The van der Waals surface area contributed by atoms with Crippen LogP contribution in [0.3, 0.4) is 0 Å². The number of carbonyl (C=O) groups is 1. The zero-order valence-electron chi connectivity index (χ0n) is 15.0. The smallest absolute Gasteiger partial charge is 0.359 e. The number of aliphatic hydroxyl groups is 1. The van der Waals surface area contributed by atoms with Crippen LogP contribution in [0, 0.1) is 0 Å². The molecule has 0 spiro atoms. The van der Waals surface area contributed by atoms with Crippen molar-refractivity contribution in [3.63, 3.8) is 0 Å². The first-order valence-corrected chi connectivity index (χ1v) is 8.60. The Hall–Kier alpha value is -1.39. The van der Waals surface area contributed by atoms with E-state index < -0.39 is 5.97 Å². The monoisotopic (exact) mass is 322 g/mol. The molecule has 0 fully saturated rings. The van der Waals surface area contributed by atoms with E-state index in [-0.39, 0.29) is 12.6 Å². The summed E-state index contributed by atoms with van der Waals surface area (Å²) in [4.78, 5) is 11.2. The number of hydrogen-bond donors (Lipinski definition) is 2. The largest absolute Gasteiger partial charge is 0.477 e. The van der Waals surface area contributed by atoms with Gasteiger partial charge >= 0.3 is 5.97 Å². The predicted molar refractivity (Wildman–Crippen MR) is 95.8 cm³/mol. The van der Waals surface area contributed by atoms with E-state index in [9.17, 15) is 15.0 Å². The van der Waals surface area contributed by atoms with E-state index in [1.165, 1.54) is 5.56 Å². The summed E-state index contributed by atoms with van der Waals surface area (Å²) >= 11 is 0. The Morgan fingerprint density at radius 1 is 1.17 bits per heavy atom. The van der Waals surface area contributed by atoms with E-state index >= 15 is 0 Å². The molecule has 0 saturated carbocycles. The van der Waals surface area contributed by atoms with Crippen LogP contribution in [0.5, 0.6) is 0 Å². The van der Waals surface area contributed by atoms with Gasteiger partial charge in [-0.05, 0) is 38.2 Å². The Labute approximate surface area is 140 Å². The van der Waals surface area contributed by atoms with Gasteiger partial charge in [0.2, 0.25) is 0 Å². The molecule has 0 saturated heterocycles. The fourth-order valence-corrected chi connectivity index (χ4v) is 3.16. The third kappa shape index (κ3) is 6.32. The van der Waals surface area contributed by atoms with Crippen LogP contribution in [0.2, 0.25) is 0 Å². The highest BCUT2D eigenvalue weighted by molar-refractivity contribution is 5.72. The average Bonchev–Trinajstić information content (AvgIpc) is 2.46. The number of aliphatic hydroxyl groups excluding tert-OH is 1. The van der Waals surface area contributed by atoms with Gasteiger partial charge in [-0.1, -0.05) is 38.0 Å².